The molecule has 0 bridgehead atoms. The second-order valence-corrected chi connectivity index (χ2v) is 5.07. The van der Waals surface area contributed by atoms with E-state index in [9.17, 15) is 0 Å². The molecule has 0 saturated carbocycles. The van der Waals surface area contributed by atoms with Crippen molar-refractivity contribution in [2.24, 2.45) is 0 Å². The molecule has 1 aromatic heterocycles. The van der Waals surface area contributed by atoms with Crippen LogP contribution < -0.4 is 5.32 Å². The Hall–Kier alpha value is -0.670. The third-order valence-electron chi connectivity index (χ3n) is 2.60. The lowest BCUT2D eigenvalue weighted by Gasteiger charge is -2.15. The smallest absolute Gasteiger partial charge is 0.0900 e. The lowest BCUT2D eigenvalue weighted by Crippen LogP contribution is -2.16. The number of aryl methyl sites for hydroxylation is 2. The maximum absolute atomic E-state index is 4.46. The first-order chi connectivity index (χ1) is 7.08. The van der Waals surface area contributed by atoms with Crippen molar-refractivity contribution in [2.75, 3.05) is 7.05 Å². The summed E-state index contributed by atoms with van der Waals surface area (Å²) in [6.07, 6.45) is 2.06. The molecular weight excluding hydrogens is 204 g/mol. The van der Waals surface area contributed by atoms with Crippen molar-refractivity contribution >= 4 is 11.3 Å². The molecule has 0 aliphatic heterocycles. The molecule has 2 nitrogen and oxygen atoms in total. The molecule has 1 rings (SSSR count). The van der Waals surface area contributed by atoms with Gasteiger partial charge in [0.05, 0.1) is 10.7 Å². The lowest BCUT2D eigenvalue weighted by atomic mass is 10.0. The van der Waals surface area contributed by atoms with Crippen LogP contribution in [0.15, 0.2) is 12.2 Å². The molecule has 0 saturated heterocycles. The van der Waals surface area contributed by atoms with Gasteiger partial charge in [0.25, 0.3) is 0 Å². The number of thiazole rings is 1. The zero-order valence-corrected chi connectivity index (χ0v) is 10.9. The van der Waals surface area contributed by atoms with Crippen molar-refractivity contribution in [1.82, 2.24) is 10.3 Å². The molecule has 0 radical (unpaired) electrons. The maximum atomic E-state index is 4.46. The zero-order chi connectivity index (χ0) is 11.4. The Balaban J connectivity index is 2.82. The Labute approximate surface area is 96.4 Å². The molecule has 1 heterocycles. The van der Waals surface area contributed by atoms with E-state index in [4.69, 9.17) is 0 Å². The Bertz CT molecular complexity index is 341. The average molecular weight is 224 g/mol. The summed E-state index contributed by atoms with van der Waals surface area (Å²) in [4.78, 5) is 5.81. The summed E-state index contributed by atoms with van der Waals surface area (Å²) in [5.41, 5.74) is 2.44. The van der Waals surface area contributed by atoms with E-state index in [1.165, 1.54) is 10.5 Å². The van der Waals surface area contributed by atoms with Gasteiger partial charge in [-0.3, -0.25) is 0 Å². The minimum atomic E-state index is 0.378. The highest BCUT2D eigenvalue weighted by atomic mass is 32.1. The molecule has 84 valence electrons. The topological polar surface area (TPSA) is 24.9 Å². The Morgan fingerprint density at radius 3 is 2.60 bits per heavy atom. The highest BCUT2D eigenvalue weighted by Crippen LogP contribution is 2.29. The van der Waals surface area contributed by atoms with Crippen molar-refractivity contribution in [1.29, 1.82) is 0 Å². The monoisotopic (exact) mass is 224 g/mol. The Morgan fingerprint density at radius 2 is 2.20 bits per heavy atom. The van der Waals surface area contributed by atoms with Gasteiger partial charge >= 0.3 is 0 Å². The van der Waals surface area contributed by atoms with Crippen LogP contribution in [0.1, 0.15) is 41.4 Å². The number of rotatable bonds is 5. The summed E-state index contributed by atoms with van der Waals surface area (Å²) in [7, 11) is 2.00. The van der Waals surface area contributed by atoms with Crippen molar-refractivity contribution < 1.29 is 0 Å². The first kappa shape index (κ1) is 12.4. The normalized spacial score (nSPS) is 12.8. The van der Waals surface area contributed by atoms with Gasteiger partial charge in [0.15, 0.2) is 0 Å². The van der Waals surface area contributed by atoms with Gasteiger partial charge in [0.2, 0.25) is 0 Å². The molecule has 0 amide bonds. The van der Waals surface area contributed by atoms with Gasteiger partial charge in [-0.2, -0.15) is 0 Å². The molecule has 0 fully saturated rings. The summed E-state index contributed by atoms with van der Waals surface area (Å²) in [6.45, 7) is 10.4. The first-order valence-corrected chi connectivity index (χ1v) is 6.18. The van der Waals surface area contributed by atoms with E-state index in [1.54, 1.807) is 11.3 Å². The summed E-state index contributed by atoms with van der Waals surface area (Å²) < 4.78 is 0. The van der Waals surface area contributed by atoms with Gasteiger partial charge in [-0.05, 0) is 33.7 Å². The quantitative estimate of drug-likeness (QED) is 0.776. The third-order valence-corrected chi connectivity index (χ3v) is 3.78. The molecule has 3 heteroatoms. The van der Waals surface area contributed by atoms with Gasteiger partial charge < -0.3 is 5.32 Å². The van der Waals surface area contributed by atoms with Crippen LogP contribution in [0, 0.1) is 13.8 Å². The number of nitrogens with one attached hydrogen (secondary N) is 1. The van der Waals surface area contributed by atoms with Crippen LogP contribution in [0.5, 0.6) is 0 Å². The maximum Gasteiger partial charge on any atom is 0.0900 e. The Morgan fingerprint density at radius 1 is 1.53 bits per heavy atom. The fourth-order valence-corrected chi connectivity index (χ4v) is 2.67. The summed E-state index contributed by atoms with van der Waals surface area (Å²) in [5.74, 6) is 0. The highest BCUT2D eigenvalue weighted by molar-refractivity contribution is 7.11. The molecule has 0 aliphatic rings. The molecule has 0 spiro atoms. The molecule has 1 unspecified atom stereocenters. The van der Waals surface area contributed by atoms with E-state index in [2.05, 4.69) is 37.7 Å². The van der Waals surface area contributed by atoms with E-state index >= 15 is 0 Å². The highest BCUT2D eigenvalue weighted by Gasteiger charge is 2.16. The number of hydrogen-bond acceptors (Lipinski definition) is 3. The van der Waals surface area contributed by atoms with Crippen molar-refractivity contribution in [2.45, 2.75) is 39.7 Å². The minimum Gasteiger partial charge on any atom is -0.312 e. The van der Waals surface area contributed by atoms with Gasteiger partial charge in [-0.1, -0.05) is 19.1 Å². The van der Waals surface area contributed by atoms with E-state index < -0.39 is 0 Å². The average Bonchev–Trinajstić information content (AvgIpc) is 2.54. The minimum absolute atomic E-state index is 0.378. The van der Waals surface area contributed by atoms with E-state index in [0.29, 0.717) is 6.04 Å². The molecule has 15 heavy (non-hydrogen) atoms. The molecule has 1 aromatic rings. The first-order valence-electron chi connectivity index (χ1n) is 5.36. The van der Waals surface area contributed by atoms with Crippen LogP contribution in [-0.4, -0.2) is 12.0 Å². The Kier molecular flexibility index (Phi) is 4.48. The predicted octanol–water partition coefficient (Wildman–Crippen LogP) is 3.38. The van der Waals surface area contributed by atoms with Crippen LogP contribution in [-0.2, 0) is 0 Å². The number of hydrogen-bond donors (Lipinski definition) is 1. The number of aromatic nitrogens is 1. The number of nitrogens with zero attached hydrogens (tertiary/aromatic N) is 1. The lowest BCUT2D eigenvalue weighted by molar-refractivity contribution is 0.588. The SMILES string of the molecule is C=C(CC)CC(NC)c1sc(C)nc1C. The standard InChI is InChI=1S/C12H20N2S/c1-6-8(2)7-11(13-5)12-9(3)14-10(4)15-12/h11,13H,2,6-7H2,1,3-5H3. The summed E-state index contributed by atoms with van der Waals surface area (Å²) in [5, 5.41) is 4.49. The van der Waals surface area contributed by atoms with Crippen LogP contribution in [0.25, 0.3) is 0 Å². The van der Waals surface area contributed by atoms with E-state index in [1.807, 2.05) is 7.05 Å². The fraction of sp³-hybridized carbons (Fsp3) is 0.583. The third kappa shape index (κ3) is 3.14. The predicted molar refractivity (Wildman–Crippen MR) is 67.4 cm³/mol. The summed E-state index contributed by atoms with van der Waals surface area (Å²) >= 11 is 1.78. The second-order valence-electron chi connectivity index (χ2n) is 3.83. The largest absolute Gasteiger partial charge is 0.312 e. The van der Waals surface area contributed by atoms with Crippen LogP contribution >= 0.6 is 11.3 Å². The van der Waals surface area contributed by atoms with Crippen LogP contribution in [0.4, 0.5) is 0 Å². The molecule has 0 aromatic carbocycles. The van der Waals surface area contributed by atoms with Gasteiger partial charge in [-0.15, -0.1) is 11.3 Å². The van der Waals surface area contributed by atoms with E-state index in [-0.39, 0.29) is 0 Å². The van der Waals surface area contributed by atoms with E-state index in [0.717, 1.165) is 23.5 Å². The molecule has 1 N–H and O–H groups in total. The van der Waals surface area contributed by atoms with Gasteiger partial charge in [0.1, 0.15) is 0 Å². The van der Waals surface area contributed by atoms with Gasteiger partial charge in [0, 0.05) is 10.9 Å². The van der Waals surface area contributed by atoms with Gasteiger partial charge in [-0.25, -0.2) is 4.98 Å². The van der Waals surface area contributed by atoms with Crippen LogP contribution in [0.3, 0.4) is 0 Å². The zero-order valence-electron chi connectivity index (χ0n) is 10.1. The van der Waals surface area contributed by atoms with Crippen molar-refractivity contribution in [3.8, 4) is 0 Å². The molecular formula is C12H20N2S. The van der Waals surface area contributed by atoms with Crippen molar-refractivity contribution in [3.05, 3.63) is 27.7 Å². The molecule has 0 aliphatic carbocycles. The second kappa shape index (κ2) is 5.42. The molecule has 1 atom stereocenters. The summed E-state index contributed by atoms with van der Waals surface area (Å²) in [6, 6.07) is 0.378. The van der Waals surface area contributed by atoms with Crippen molar-refractivity contribution in [3.63, 3.8) is 0 Å². The van der Waals surface area contributed by atoms with Crippen LogP contribution in [0.2, 0.25) is 0 Å². The fourth-order valence-electron chi connectivity index (χ4n) is 1.63.